The molecule has 0 saturated carbocycles. The molecule has 0 bridgehead atoms. The number of carbonyl (C=O) groups excluding carboxylic acids is 2. The van der Waals surface area contributed by atoms with Crippen molar-refractivity contribution in [1.29, 1.82) is 0 Å². The average Bonchev–Trinajstić information content (AvgIpc) is 3.02. The summed E-state index contributed by atoms with van der Waals surface area (Å²) in [5.74, 6) is -1.14. The van der Waals surface area contributed by atoms with Crippen LogP contribution in [0.2, 0.25) is 0 Å². The third-order valence-corrected chi connectivity index (χ3v) is 5.60. The summed E-state index contributed by atoms with van der Waals surface area (Å²) in [6, 6.07) is 16.9. The van der Waals surface area contributed by atoms with Crippen LogP contribution in [-0.2, 0) is 14.2 Å². The molecule has 1 aliphatic heterocycles. The molecule has 2 aromatic rings. The fourth-order valence-electron chi connectivity index (χ4n) is 2.73. The second-order valence-corrected chi connectivity index (χ2v) is 7.27. The first-order chi connectivity index (χ1) is 13.1. The van der Waals surface area contributed by atoms with Crippen molar-refractivity contribution < 1.29 is 28.2 Å². The molecule has 0 radical (unpaired) electrons. The van der Waals surface area contributed by atoms with Crippen molar-refractivity contribution in [3.8, 4) is 0 Å². The third-order valence-electron chi connectivity index (χ3n) is 4.12. The lowest BCUT2D eigenvalue weighted by molar-refractivity contribution is -0.0175. The molecule has 0 spiro atoms. The quantitative estimate of drug-likeness (QED) is 0.704. The van der Waals surface area contributed by atoms with Gasteiger partial charge in [-0.1, -0.05) is 36.4 Å². The molecule has 142 valence electrons. The zero-order valence-corrected chi connectivity index (χ0v) is 15.4. The topological polar surface area (TPSA) is 61.8 Å². The highest BCUT2D eigenvalue weighted by molar-refractivity contribution is 8.00. The number of hydrogen-bond acceptors (Lipinski definition) is 6. The molecule has 0 amide bonds. The maximum absolute atomic E-state index is 14.7. The van der Waals surface area contributed by atoms with Gasteiger partial charge in [-0.2, -0.15) is 0 Å². The van der Waals surface area contributed by atoms with E-state index in [1.165, 1.54) is 7.11 Å². The summed E-state index contributed by atoms with van der Waals surface area (Å²) < 4.78 is 30.5. The molecule has 0 aromatic heterocycles. The Labute approximate surface area is 160 Å². The average molecular weight is 390 g/mol. The summed E-state index contributed by atoms with van der Waals surface area (Å²) in [5.41, 5.74) is -0.0620. The van der Waals surface area contributed by atoms with Gasteiger partial charge in [0.1, 0.15) is 12.0 Å². The Balaban J connectivity index is 1.66. The van der Waals surface area contributed by atoms with Crippen LogP contribution in [0.4, 0.5) is 4.39 Å². The van der Waals surface area contributed by atoms with Crippen molar-refractivity contribution >= 4 is 23.7 Å². The third kappa shape index (κ3) is 4.67. The van der Waals surface area contributed by atoms with Crippen molar-refractivity contribution in [3.63, 3.8) is 0 Å². The standard InChI is InChI=1S/C20H19FO5S/c1-24-20-16(21)17(26-19(23)14-10-6-3-7-11-14)15(27-20)12-25-18(22)13-8-4-2-5-9-13/h2-11,15-17,20H,12H2,1H3/t15-,16+,17-,20?/m1/s1. The normalized spacial score (nSPS) is 24.4. The van der Waals surface area contributed by atoms with Gasteiger partial charge in [0, 0.05) is 7.11 Å². The maximum Gasteiger partial charge on any atom is 0.338 e. The molecule has 3 rings (SSSR count). The molecule has 1 aliphatic rings. The Kier molecular flexibility index (Phi) is 6.47. The zero-order chi connectivity index (χ0) is 19.2. The number of thioether (sulfide) groups is 1. The van der Waals surface area contributed by atoms with Crippen LogP contribution in [0, 0.1) is 0 Å². The molecule has 7 heteroatoms. The van der Waals surface area contributed by atoms with E-state index in [-0.39, 0.29) is 6.61 Å². The Hall–Kier alpha value is -2.38. The minimum Gasteiger partial charge on any atom is -0.461 e. The summed E-state index contributed by atoms with van der Waals surface area (Å²) in [4.78, 5) is 24.4. The highest BCUT2D eigenvalue weighted by Gasteiger charge is 2.48. The van der Waals surface area contributed by atoms with Crippen molar-refractivity contribution in [2.24, 2.45) is 0 Å². The van der Waals surface area contributed by atoms with Crippen molar-refractivity contribution in [1.82, 2.24) is 0 Å². The van der Waals surface area contributed by atoms with Crippen LogP contribution in [0.5, 0.6) is 0 Å². The molecule has 5 nitrogen and oxygen atoms in total. The SMILES string of the molecule is COC1S[C@H](COC(=O)c2ccccc2)[C@@H](OC(=O)c2ccccc2)[C@@H]1F. The molecular formula is C20H19FO5S. The second kappa shape index (κ2) is 9.01. The number of rotatable bonds is 6. The van der Waals surface area contributed by atoms with Gasteiger partial charge in [-0.25, -0.2) is 14.0 Å². The van der Waals surface area contributed by atoms with Crippen molar-refractivity contribution in [2.75, 3.05) is 13.7 Å². The van der Waals surface area contributed by atoms with E-state index in [1.54, 1.807) is 60.7 Å². The predicted octanol–water partition coefficient (Wildman–Crippen LogP) is 3.50. The number of carbonyl (C=O) groups is 2. The number of alkyl halides is 1. The van der Waals surface area contributed by atoms with E-state index in [0.29, 0.717) is 11.1 Å². The maximum atomic E-state index is 14.7. The van der Waals surface area contributed by atoms with Crippen LogP contribution in [-0.4, -0.2) is 48.6 Å². The summed E-state index contributed by atoms with van der Waals surface area (Å²) in [5, 5.41) is -0.565. The van der Waals surface area contributed by atoms with E-state index in [9.17, 15) is 14.0 Å². The lowest BCUT2D eigenvalue weighted by Gasteiger charge is -2.20. The minimum atomic E-state index is -1.52. The van der Waals surface area contributed by atoms with Gasteiger partial charge in [0.05, 0.1) is 16.4 Å². The van der Waals surface area contributed by atoms with Crippen LogP contribution < -0.4 is 0 Å². The molecule has 1 fully saturated rings. The minimum absolute atomic E-state index is 0.0919. The van der Waals surface area contributed by atoms with Gasteiger partial charge in [-0.05, 0) is 24.3 Å². The molecule has 2 aromatic carbocycles. The highest BCUT2D eigenvalue weighted by atomic mass is 32.2. The van der Waals surface area contributed by atoms with Crippen LogP contribution in [0.15, 0.2) is 60.7 Å². The molecular weight excluding hydrogens is 371 g/mol. The van der Waals surface area contributed by atoms with Gasteiger partial charge < -0.3 is 14.2 Å². The van der Waals surface area contributed by atoms with Crippen LogP contribution in [0.25, 0.3) is 0 Å². The number of benzene rings is 2. The van der Waals surface area contributed by atoms with Gasteiger partial charge in [-0.3, -0.25) is 0 Å². The second-order valence-electron chi connectivity index (χ2n) is 5.92. The number of ether oxygens (including phenoxy) is 3. The van der Waals surface area contributed by atoms with E-state index < -0.39 is 34.9 Å². The Morgan fingerprint density at radius 3 is 2.07 bits per heavy atom. The monoisotopic (exact) mass is 390 g/mol. The summed E-state index contributed by atoms with van der Waals surface area (Å²) in [6.45, 7) is -0.0919. The Bertz CT molecular complexity index is 770. The van der Waals surface area contributed by atoms with E-state index >= 15 is 0 Å². The number of halogens is 1. The molecule has 0 aliphatic carbocycles. The Morgan fingerprint density at radius 1 is 0.963 bits per heavy atom. The highest BCUT2D eigenvalue weighted by Crippen LogP contribution is 2.39. The summed E-state index contributed by atoms with van der Waals surface area (Å²) >= 11 is 1.15. The van der Waals surface area contributed by atoms with Gasteiger partial charge in [-0.15, -0.1) is 11.8 Å². The molecule has 4 atom stereocenters. The van der Waals surface area contributed by atoms with E-state index in [2.05, 4.69) is 0 Å². The molecule has 1 heterocycles. The molecule has 0 N–H and O–H groups in total. The van der Waals surface area contributed by atoms with Gasteiger partial charge >= 0.3 is 11.9 Å². The van der Waals surface area contributed by atoms with Crippen LogP contribution in [0.3, 0.4) is 0 Å². The van der Waals surface area contributed by atoms with Crippen molar-refractivity contribution in [3.05, 3.63) is 71.8 Å². The predicted molar refractivity (Wildman–Crippen MR) is 99.4 cm³/mol. The van der Waals surface area contributed by atoms with Gasteiger partial charge in [0.25, 0.3) is 0 Å². The fourth-order valence-corrected chi connectivity index (χ4v) is 3.99. The molecule has 1 unspecified atom stereocenters. The van der Waals surface area contributed by atoms with Crippen molar-refractivity contribution in [2.45, 2.75) is 23.0 Å². The first kappa shape index (κ1) is 19.4. The fraction of sp³-hybridized carbons (Fsp3) is 0.300. The number of hydrogen-bond donors (Lipinski definition) is 0. The zero-order valence-electron chi connectivity index (χ0n) is 14.6. The van der Waals surface area contributed by atoms with E-state index in [4.69, 9.17) is 14.2 Å². The largest absolute Gasteiger partial charge is 0.461 e. The Morgan fingerprint density at radius 2 is 1.52 bits per heavy atom. The first-order valence-corrected chi connectivity index (χ1v) is 9.35. The number of esters is 2. The number of methoxy groups -OCH3 is 1. The molecule has 1 saturated heterocycles. The van der Waals surface area contributed by atoms with E-state index in [1.807, 2.05) is 0 Å². The van der Waals surface area contributed by atoms with Crippen LogP contribution >= 0.6 is 11.8 Å². The van der Waals surface area contributed by atoms with Gasteiger partial charge in [0.15, 0.2) is 12.3 Å². The van der Waals surface area contributed by atoms with Gasteiger partial charge in [0.2, 0.25) is 0 Å². The summed E-state index contributed by atoms with van der Waals surface area (Å²) in [7, 11) is 1.39. The van der Waals surface area contributed by atoms with E-state index in [0.717, 1.165) is 11.8 Å². The first-order valence-electron chi connectivity index (χ1n) is 8.40. The molecule has 27 heavy (non-hydrogen) atoms. The van der Waals surface area contributed by atoms with Crippen LogP contribution in [0.1, 0.15) is 20.7 Å². The lowest BCUT2D eigenvalue weighted by Crippen LogP contribution is -2.37. The smallest absolute Gasteiger partial charge is 0.338 e. The summed E-state index contributed by atoms with van der Waals surface area (Å²) in [6.07, 6.45) is -2.59. The lowest BCUT2D eigenvalue weighted by atomic mass is 10.1.